The smallest absolute Gasteiger partial charge is 0.177 e. The summed E-state index contributed by atoms with van der Waals surface area (Å²) in [6, 6.07) is 8.22. The van der Waals surface area contributed by atoms with Crippen molar-refractivity contribution in [3.05, 3.63) is 57.0 Å². The van der Waals surface area contributed by atoms with Gasteiger partial charge in [0.2, 0.25) is 0 Å². The Morgan fingerprint density at radius 3 is 2.81 bits per heavy atom. The highest BCUT2D eigenvalue weighted by molar-refractivity contribution is 7.12. The maximum atomic E-state index is 13.5. The molecule has 0 saturated carbocycles. The minimum atomic E-state index is -0.505. The zero-order valence-electron chi connectivity index (χ0n) is 8.24. The molecular weight excluding hydrogens is 247 g/mol. The van der Waals surface area contributed by atoms with Crippen LogP contribution in [-0.2, 0) is 6.42 Å². The summed E-state index contributed by atoms with van der Waals surface area (Å²) >= 11 is 6.99. The van der Waals surface area contributed by atoms with Gasteiger partial charge in [-0.3, -0.25) is 4.79 Å². The molecule has 0 fully saturated rings. The highest BCUT2D eigenvalue weighted by Crippen LogP contribution is 2.20. The molecule has 82 valence electrons. The number of ketones is 1. The van der Waals surface area contributed by atoms with E-state index in [9.17, 15) is 9.18 Å². The van der Waals surface area contributed by atoms with Crippen molar-refractivity contribution in [3.8, 4) is 0 Å². The van der Waals surface area contributed by atoms with E-state index in [4.69, 9.17) is 11.6 Å². The summed E-state index contributed by atoms with van der Waals surface area (Å²) in [5.74, 6) is -0.592. The van der Waals surface area contributed by atoms with E-state index in [0.717, 1.165) is 0 Å². The Bertz CT molecular complexity index is 508. The average Bonchev–Trinajstić information content (AvgIpc) is 2.78. The lowest BCUT2D eigenvalue weighted by Gasteiger charge is -2.02. The monoisotopic (exact) mass is 254 g/mol. The molecule has 0 aliphatic rings. The third kappa shape index (κ3) is 2.31. The third-order valence-electron chi connectivity index (χ3n) is 2.18. The number of halogens is 2. The zero-order valence-corrected chi connectivity index (χ0v) is 9.82. The predicted molar refractivity (Wildman–Crippen MR) is 63.8 cm³/mol. The molecule has 0 radical (unpaired) electrons. The van der Waals surface area contributed by atoms with Gasteiger partial charge in [-0.2, -0.15) is 0 Å². The Kier molecular flexibility index (Phi) is 3.36. The van der Waals surface area contributed by atoms with E-state index in [1.807, 2.05) is 5.38 Å². The Morgan fingerprint density at radius 2 is 2.12 bits per heavy atom. The van der Waals surface area contributed by atoms with E-state index < -0.39 is 5.82 Å². The van der Waals surface area contributed by atoms with Crippen LogP contribution in [0.5, 0.6) is 0 Å². The number of benzene rings is 1. The van der Waals surface area contributed by atoms with Crippen LogP contribution >= 0.6 is 22.9 Å². The Balaban J connectivity index is 2.22. The van der Waals surface area contributed by atoms with Gasteiger partial charge >= 0.3 is 0 Å². The lowest BCUT2D eigenvalue weighted by molar-refractivity contribution is 0.0995. The van der Waals surface area contributed by atoms with E-state index in [1.54, 1.807) is 24.3 Å². The molecule has 1 nitrogen and oxygen atoms in total. The van der Waals surface area contributed by atoms with Crippen molar-refractivity contribution in [1.82, 2.24) is 0 Å². The summed E-state index contributed by atoms with van der Waals surface area (Å²) in [7, 11) is 0. The summed E-state index contributed by atoms with van der Waals surface area (Å²) in [6.45, 7) is 0. The molecular formula is C12H8ClFOS. The lowest BCUT2D eigenvalue weighted by atomic mass is 10.1. The molecule has 16 heavy (non-hydrogen) atoms. The van der Waals surface area contributed by atoms with Gasteiger partial charge in [-0.1, -0.05) is 29.8 Å². The predicted octanol–water partition coefficient (Wildman–Crippen LogP) is 3.97. The van der Waals surface area contributed by atoms with Crippen LogP contribution in [0.1, 0.15) is 15.2 Å². The first kappa shape index (κ1) is 11.3. The Morgan fingerprint density at radius 1 is 1.31 bits per heavy atom. The van der Waals surface area contributed by atoms with E-state index in [2.05, 4.69) is 0 Å². The molecule has 1 aromatic heterocycles. The van der Waals surface area contributed by atoms with Crippen molar-refractivity contribution in [2.45, 2.75) is 6.42 Å². The largest absolute Gasteiger partial charge is 0.293 e. The normalized spacial score (nSPS) is 10.4. The van der Waals surface area contributed by atoms with E-state index in [1.165, 1.54) is 17.4 Å². The van der Waals surface area contributed by atoms with Gasteiger partial charge in [-0.25, -0.2) is 4.39 Å². The summed E-state index contributed by atoms with van der Waals surface area (Å²) < 4.78 is 13.5. The Hall–Kier alpha value is -1.19. The summed E-state index contributed by atoms with van der Waals surface area (Å²) in [4.78, 5) is 12.4. The van der Waals surface area contributed by atoms with Crippen LogP contribution in [0.25, 0.3) is 0 Å². The van der Waals surface area contributed by atoms with Crippen LogP contribution in [0.3, 0.4) is 0 Å². The molecule has 0 aliphatic carbocycles. The highest BCUT2D eigenvalue weighted by atomic mass is 35.5. The molecule has 2 aromatic rings. The molecule has 0 atom stereocenters. The van der Waals surface area contributed by atoms with Crippen LogP contribution in [0.4, 0.5) is 4.39 Å². The number of rotatable bonds is 3. The van der Waals surface area contributed by atoms with Gasteiger partial charge in [0.05, 0.1) is 9.90 Å². The number of hydrogen-bond acceptors (Lipinski definition) is 2. The average molecular weight is 255 g/mol. The molecule has 0 unspecified atom stereocenters. The minimum absolute atomic E-state index is 0.0485. The lowest BCUT2D eigenvalue weighted by Crippen LogP contribution is -2.03. The molecule has 2 rings (SSSR count). The number of hydrogen-bond donors (Lipinski definition) is 0. The van der Waals surface area contributed by atoms with Gasteiger partial charge in [-0.05, 0) is 23.1 Å². The van der Waals surface area contributed by atoms with Crippen molar-refractivity contribution in [2.75, 3.05) is 0 Å². The quantitative estimate of drug-likeness (QED) is 0.758. The molecule has 0 aliphatic heterocycles. The van der Waals surface area contributed by atoms with Crippen LogP contribution in [-0.4, -0.2) is 5.78 Å². The molecule has 0 amide bonds. The summed E-state index contributed by atoms with van der Waals surface area (Å²) in [5.41, 5.74) is 0.339. The Labute approximate surface area is 101 Å². The van der Waals surface area contributed by atoms with Gasteiger partial charge in [-0.15, -0.1) is 11.3 Å². The fourth-order valence-corrected chi connectivity index (χ4v) is 2.24. The summed E-state index contributed by atoms with van der Waals surface area (Å²) in [5, 5.41) is 1.87. The topological polar surface area (TPSA) is 17.1 Å². The highest BCUT2D eigenvalue weighted by Gasteiger charge is 2.12. The first-order valence-electron chi connectivity index (χ1n) is 4.68. The third-order valence-corrected chi connectivity index (χ3v) is 3.38. The SMILES string of the molecule is O=C(Cc1cccc(Cl)c1F)c1cccs1. The second kappa shape index (κ2) is 4.76. The first-order valence-corrected chi connectivity index (χ1v) is 5.94. The van der Waals surface area contributed by atoms with Crippen LogP contribution < -0.4 is 0 Å². The van der Waals surface area contributed by atoms with Crippen LogP contribution in [0.15, 0.2) is 35.7 Å². The van der Waals surface area contributed by atoms with Gasteiger partial charge in [0.15, 0.2) is 5.78 Å². The maximum absolute atomic E-state index is 13.5. The van der Waals surface area contributed by atoms with E-state index in [0.29, 0.717) is 10.4 Å². The van der Waals surface area contributed by atoms with Crippen molar-refractivity contribution >= 4 is 28.7 Å². The van der Waals surface area contributed by atoms with Gasteiger partial charge in [0.1, 0.15) is 5.82 Å². The number of carbonyl (C=O) groups is 1. The summed E-state index contributed by atoms with van der Waals surface area (Å²) in [6.07, 6.45) is 0.0485. The molecule has 0 saturated heterocycles. The standard InChI is InChI=1S/C12H8ClFOS/c13-9-4-1-3-8(12(9)14)7-10(15)11-5-2-6-16-11/h1-6H,7H2. The number of Topliss-reactive ketones (excluding diaryl/α,β-unsaturated/α-hetero) is 1. The molecule has 0 spiro atoms. The van der Waals surface area contributed by atoms with Crippen molar-refractivity contribution in [2.24, 2.45) is 0 Å². The molecule has 1 heterocycles. The molecule has 1 aromatic carbocycles. The fraction of sp³-hybridized carbons (Fsp3) is 0.0833. The minimum Gasteiger partial charge on any atom is -0.293 e. The molecule has 0 N–H and O–H groups in total. The van der Waals surface area contributed by atoms with Crippen LogP contribution in [0, 0.1) is 5.82 Å². The van der Waals surface area contributed by atoms with Gasteiger partial charge in [0.25, 0.3) is 0 Å². The second-order valence-electron chi connectivity index (χ2n) is 3.29. The molecule has 0 bridgehead atoms. The second-order valence-corrected chi connectivity index (χ2v) is 4.65. The van der Waals surface area contributed by atoms with E-state index >= 15 is 0 Å². The fourth-order valence-electron chi connectivity index (χ4n) is 1.38. The van der Waals surface area contributed by atoms with Crippen LogP contribution in [0.2, 0.25) is 5.02 Å². The molecule has 4 heteroatoms. The zero-order chi connectivity index (χ0) is 11.5. The van der Waals surface area contributed by atoms with Gasteiger partial charge in [0, 0.05) is 6.42 Å². The first-order chi connectivity index (χ1) is 7.68. The maximum Gasteiger partial charge on any atom is 0.177 e. The number of carbonyl (C=O) groups excluding carboxylic acids is 1. The van der Waals surface area contributed by atoms with Crippen molar-refractivity contribution in [1.29, 1.82) is 0 Å². The number of thiophene rings is 1. The van der Waals surface area contributed by atoms with Gasteiger partial charge < -0.3 is 0 Å². The van der Waals surface area contributed by atoms with Crippen molar-refractivity contribution < 1.29 is 9.18 Å². The van der Waals surface area contributed by atoms with E-state index in [-0.39, 0.29) is 17.2 Å². The van der Waals surface area contributed by atoms with Crippen molar-refractivity contribution in [3.63, 3.8) is 0 Å².